The van der Waals surface area contributed by atoms with Crippen LogP contribution in [0.3, 0.4) is 0 Å². The van der Waals surface area contributed by atoms with Gasteiger partial charge in [-0.3, -0.25) is 0 Å². The first-order valence-electron chi connectivity index (χ1n) is 7.39. The van der Waals surface area contributed by atoms with Crippen molar-refractivity contribution in [1.29, 1.82) is 0 Å². The lowest BCUT2D eigenvalue weighted by Crippen LogP contribution is -2.40. The van der Waals surface area contributed by atoms with Crippen molar-refractivity contribution in [3.05, 3.63) is 12.7 Å². The summed E-state index contributed by atoms with van der Waals surface area (Å²) in [6.07, 6.45) is 6.63. The SMILES string of the molecule is C=CCNCC(C)OC1CC2CCC1(C)C2(C)C. The zero-order valence-corrected chi connectivity index (χ0v) is 12.5. The van der Waals surface area contributed by atoms with Crippen molar-refractivity contribution in [2.75, 3.05) is 13.1 Å². The summed E-state index contributed by atoms with van der Waals surface area (Å²) in [5.74, 6) is 0.862. The minimum Gasteiger partial charge on any atom is -0.373 e. The zero-order chi connectivity index (χ0) is 13.4. The summed E-state index contributed by atoms with van der Waals surface area (Å²) in [7, 11) is 0. The molecule has 1 N–H and O–H groups in total. The smallest absolute Gasteiger partial charge is 0.0675 e. The van der Waals surface area contributed by atoms with E-state index in [4.69, 9.17) is 4.74 Å². The van der Waals surface area contributed by atoms with Gasteiger partial charge < -0.3 is 10.1 Å². The Balaban J connectivity index is 1.90. The van der Waals surface area contributed by atoms with E-state index in [1.807, 2.05) is 6.08 Å². The van der Waals surface area contributed by atoms with Crippen LogP contribution in [0.25, 0.3) is 0 Å². The van der Waals surface area contributed by atoms with Gasteiger partial charge in [0.2, 0.25) is 0 Å². The molecule has 2 heteroatoms. The van der Waals surface area contributed by atoms with Crippen molar-refractivity contribution in [2.24, 2.45) is 16.7 Å². The summed E-state index contributed by atoms with van der Waals surface area (Å²) >= 11 is 0. The maximum atomic E-state index is 6.33. The van der Waals surface area contributed by atoms with Crippen LogP contribution in [-0.2, 0) is 4.74 Å². The normalized spacial score (nSPS) is 38.9. The van der Waals surface area contributed by atoms with E-state index < -0.39 is 0 Å². The Labute approximate surface area is 112 Å². The Kier molecular flexibility index (Phi) is 3.89. The van der Waals surface area contributed by atoms with Gasteiger partial charge in [0.05, 0.1) is 12.2 Å². The second kappa shape index (κ2) is 4.97. The molecule has 2 saturated carbocycles. The van der Waals surface area contributed by atoms with E-state index in [0.717, 1.165) is 19.0 Å². The van der Waals surface area contributed by atoms with Crippen LogP contribution in [0.15, 0.2) is 12.7 Å². The number of rotatable bonds is 6. The highest BCUT2D eigenvalue weighted by Gasteiger charge is 2.62. The molecule has 0 saturated heterocycles. The molecular weight excluding hydrogens is 222 g/mol. The van der Waals surface area contributed by atoms with Crippen LogP contribution in [0.1, 0.15) is 47.0 Å². The monoisotopic (exact) mass is 251 g/mol. The van der Waals surface area contributed by atoms with Crippen LogP contribution in [0.2, 0.25) is 0 Å². The number of nitrogens with one attached hydrogen (secondary N) is 1. The molecule has 4 unspecified atom stereocenters. The standard InChI is InChI=1S/C16H29NO/c1-6-9-17-11-12(2)18-14-10-13-7-8-16(14,5)15(13,3)4/h6,12-14,17H,1,7-11H2,2-5H3. The van der Waals surface area contributed by atoms with Crippen LogP contribution in [-0.4, -0.2) is 25.3 Å². The van der Waals surface area contributed by atoms with E-state index in [0.29, 0.717) is 23.0 Å². The summed E-state index contributed by atoms with van der Waals surface area (Å²) in [6.45, 7) is 15.0. The van der Waals surface area contributed by atoms with Gasteiger partial charge in [-0.2, -0.15) is 0 Å². The molecule has 2 aliphatic rings. The largest absolute Gasteiger partial charge is 0.373 e. The molecule has 2 rings (SSSR count). The zero-order valence-electron chi connectivity index (χ0n) is 12.5. The Morgan fingerprint density at radius 3 is 2.67 bits per heavy atom. The van der Waals surface area contributed by atoms with Gasteiger partial charge in [-0.1, -0.05) is 26.8 Å². The number of ether oxygens (including phenoxy) is 1. The van der Waals surface area contributed by atoms with Crippen molar-refractivity contribution >= 4 is 0 Å². The van der Waals surface area contributed by atoms with Crippen LogP contribution in [0, 0.1) is 16.7 Å². The lowest BCUT2D eigenvalue weighted by molar-refractivity contribution is -0.0788. The Morgan fingerprint density at radius 1 is 1.44 bits per heavy atom. The second-order valence-electron chi connectivity index (χ2n) is 6.99. The highest BCUT2D eigenvalue weighted by molar-refractivity contribution is 5.11. The molecule has 4 atom stereocenters. The van der Waals surface area contributed by atoms with Gasteiger partial charge >= 0.3 is 0 Å². The van der Waals surface area contributed by atoms with E-state index in [9.17, 15) is 0 Å². The fraction of sp³-hybridized carbons (Fsp3) is 0.875. The second-order valence-corrected chi connectivity index (χ2v) is 6.99. The molecule has 2 aliphatic carbocycles. The van der Waals surface area contributed by atoms with Gasteiger partial charge in [0, 0.05) is 13.1 Å². The molecule has 0 heterocycles. The predicted octanol–water partition coefficient (Wildman–Crippen LogP) is 3.38. The van der Waals surface area contributed by atoms with Crippen molar-refractivity contribution in [2.45, 2.75) is 59.2 Å². The van der Waals surface area contributed by atoms with Gasteiger partial charge in [0.25, 0.3) is 0 Å². The number of fused-ring (bicyclic) bond motifs is 2. The van der Waals surface area contributed by atoms with Gasteiger partial charge in [-0.15, -0.1) is 6.58 Å². The van der Waals surface area contributed by atoms with Crippen molar-refractivity contribution in [1.82, 2.24) is 5.32 Å². The van der Waals surface area contributed by atoms with E-state index >= 15 is 0 Å². The van der Waals surface area contributed by atoms with Gasteiger partial charge in [-0.05, 0) is 42.9 Å². The minimum absolute atomic E-state index is 0.293. The first kappa shape index (κ1) is 14.1. The number of hydrogen-bond donors (Lipinski definition) is 1. The molecule has 2 fully saturated rings. The van der Waals surface area contributed by atoms with Gasteiger partial charge in [0.1, 0.15) is 0 Å². The lowest BCUT2D eigenvalue weighted by atomic mass is 9.70. The summed E-state index contributed by atoms with van der Waals surface area (Å²) in [5.41, 5.74) is 0.830. The van der Waals surface area contributed by atoms with Gasteiger partial charge in [0.15, 0.2) is 0 Å². The summed E-state index contributed by atoms with van der Waals surface area (Å²) < 4.78 is 6.33. The molecule has 0 radical (unpaired) electrons. The molecule has 0 aromatic heterocycles. The highest BCUT2D eigenvalue weighted by atomic mass is 16.5. The third kappa shape index (κ3) is 2.14. The third-order valence-corrected chi connectivity index (χ3v) is 5.83. The topological polar surface area (TPSA) is 21.3 Å². The summed E-state index contributed by atoms with van der Waals surface area (Å²) in [4.78, 5) is 0. The molecule has 0 spiro atoms. The molecule has 0 aliphatic heterocycles. The van der Waals surface area contributed by atoms with Crippen molar-refractivity contribution in [3.8, 4) is 0 Å². The molecule has 18 heavy (non-hydrogen) atoms. The van der Waals surface area contributed by atoms with E-state index in [1.165, 1.54) is 19.3 Å². The minimum atomic E-state index is 0.293. The molecule has 0 aromatic carbocycles. The molecule has 2 bridgehead atoms. The van der Waals surface area contributed by atoms with Crippen molar-refractivity contribution < 1.29 is 4.74 Å². The Morgan fingerprint density at radius 2 is 2.17 bits per heavy atom. The lowest BCUT2D eigenvalue weighted by Gasteiger charge is -2.40. The average Bonchev–Trinajstić information content (AvgIpc) is 2.62. The Bertz CT molecular complexity index is 312. The molecule has 2 nitrogen and oxygen atoms in total. The van der Waals surface area contributed by atoms with Crippen LogP contribution >= 0.6 is 0 Å². The fourth-order valence-corrected chi connectivity index (χ4v) is 4.05. The summed E-state index contributed by atoms with van der Waals surface area (Å²) in [5, 5.41) is 3.34. The van der Waals surface area contributed by atoms with Crippen molar-refractivity contribution in [3.63, 3.8) is 0 Å². The first-order valence-corrected chi connectivity index (χ1v) is 7.39. The van der Waals surface area contributed by atoms with Crippen LogP contribution in [0.5, 0.6) is 0 Å². The maximum absolute atomic E-state index is 6.33. The van der Waals surface area contributed by atoms with Gasteiger partial charge in [-0.25, -0.2) is 0 Å². The number of hydrogen-bond acceptors (Lipinski definition) is 2. The summed E-state index contributed by atoms with van der Waals surface area (Å²) in [6, 6.07) is 0. The fourth-order valence-electron chi connectivity index (χ4n) is 4.05. The quantitative estimate of drug-likeness (QED) is 0.577. The van der Waals surface area contributed by atoms with E-state index in [2.05, 4.69) is 39.6 Å². The average molecular weight is 251 g/mol. The first-order chi connectivity index (χ1) is 8.41. The molecule has 0 amide bonds. The van der Waals surface area contributed by atoms with E-state index in [1.54, 1.807) is 0 Å². The van der Waals surface area contributed by atoms with Crippen LogP contribution in [0.4, 0.5) is 0 Å². The molecule has 0 aromatic rings. The van der Waals surface area contributed by atoms with Crippen LogP contribution < -0.4 is 5.32 Å². The Hall–Kier alpha value is -0.340. The third-order valence-electron chi connectivity index (χ3n) is 5.83. The predicted molar refractivity (Wildman–Crippen MR) is 76.6 cm³/mol. The maximum Gasteiger partial charge on any atom is 0.0675 e. The van der Waals surface area contributed by atoms with E-state index in [-0.39, 0.29) is 0 Å². The molecule has 104 valence electrons. The highest BCUT2D eigenvalue weighted by Crippen LogP contribution is 2.66. The molecular formula is C16H29NO.